The Morgan fingerprint density at radius 3 is 2.88 bits per heavy atom. The SMILES string of the molecule is CC1([N+](=O)[O-])Cc2ccc(C(=O)O)cc2O1. The number of aromatic carboxylic acids is 1. The van der Waals surface area contributed by atoms with Crippen LogP contribution in [0.5, 0.6) is 5.75 Å². The minimum Gasteiger partial charge on any atom is -0.478 e. The first-order valence-corrected chi connectivity index (χ1v) is 4.62. The Balaban J connectivity index is 2.38. The van der Waals surface area contributed by atoms with Gasteiger partial charge >= 0.3 is 11.7 Å². The van der Waals surface area contributed by atoms with Gasteiger partial charge in [0.25, 0.3) is 0 Å². The van der Waals surface area contributed by atoms with Crippen LogP contribution >= 0.6 is 0 Å². The molecule has 0 saturated carbocycles. The van der Waals surface area contributed by atoms with Crippen molar-refractivity contribution in [1.82, 2.24) is 0 Å². The Bertz CT molecular complexity index is 484. The molecule has 16 heavy (non-hydrogen) atoms. The molecule has 6 heteroatoms. The van der Waals surface area contributed by atoms with Gasteiger partial charge in [0.05, 0.1) is 16.9 Å². The van der Waals surface area contributed by atoms with E-state index >= 15 is 0 Å². The maximum Gasteiger partial charge on any atom is 0.364 e. The number of nitro groups is 1. The molecule has 1 atom stereocenters. The maximum atomic E-state index is 10.8. The number of carboxylic acids is 1. The van der Waals surface area contributed by atoms with Crippen LogP contribution in [0.1, 0.15) is 22.8 Å². The van der Waals surface area contributed by atoms with Crippen molar-refractivity contribution < 1.29 is 19.6 Å². The summed E-state index contributed by atoms with van der Waals surface area (Å²) in [6.45, 7) is 1.37. The number of hydrogen-bond donors (Lipinski definition) is 1. The minimum absolute atomic E-state index is 0.0614. The van der Waals surface area contributed by atoms with Gasteiger partial charge in [0.2, 0.25) is 0 Å². The average molecular weight is 223 g/mol. The lowest BCUT2D eigenvalue weighted by molar-refractivity contribution is -0.606. The monoisotopic (exact) mass is 223 g/mol. The number of ether oxygens (including phenoxy) is 1. The molecule has 0 spiro atoms. The molecule has 1 aliphatic heterocycles. The lowest BCUT2D eigenvalue weighted by Gasteiger charge is -2.13. The van der Waals surface area contributed by atoms with E-state index in [1.54, 1.807) is 6.07 Å². The van der Waals surface area contributed by atoms with Crippen LogP contribution in [0.4, 0.5) is 0 Å². The highest BCUT2D eigenvalue weighted by Gasteiger charge is 2.46. The van der Waals surface area contributed by atoms with Crippen molar-refractivity contribution in [1.29, 1.82) is 0 Å². The van der Waals surface area contributed by atoms with Gasteiger partial charge < -0.3 is 9.84 Å². The number of fused-ring (bicyclic) bond motifs is 1. The summed E-state index contributed by atoms with van der Waals surface area (Å²) in [4.78, 5) is 21.0. The summed E-state index contributed by atoms with van der Waals surface area (Å²) in [6.07, 6.45) is 0.148. The molecule has 0 saturated heterocycles. The van der Waals surface area contributed by atoms with E-state index in [-0.39, 0.29) is 17.7 Å². The van der Waals surface area contributed by atoms with Crippen LogP contribution in [0, 0.1) is 10.1 Å². The number of rotatable bonds is 2. The third-order valence-corrected chi connectivity index (χ3v) is 2.55. The van der Waals surface area contributed by atoms with Crippen LogP contribution in [0.15, 0.2) is 18.2 Å². The number of carbonyl (C=O) groups is 1. The van der Waals surface area contributed by atoms with Crippen molar-refractivity contribution in [3.63, 3.8) is 0 Å². The fourth-order valence-electron chi connectivity index (χ4n) is 1.66. The van der Waals surface area contributed by atoms with Crippen molar-refractivity contribution in [2.75, 3.05) is 0 Å². The summed E-state index contributed by atoms with van der Waals surface area (Å²) in [5.74, 6) is -0.805. The van der Waals surface area contributed by atoms with Gasteiger partial charge in [0.1, 0.15) is 5.75 Å². The fraction of sp³-hybridized carbons (Fsp3) is 0.300. The van der Waals surface area contributed by atoms with Crippen molar-refractivity contribution in [2.24, 2.45) is 0 Å². The average Bonchev–Trinajstić information content (AvgIpc) is 2.54. The molecular weight excluding hydrogens is 214 g/mol. The molecular formula is C10H9NO5. The summed E-state index contributed by atoms with van der Waals surface area (Å²) >= 11 is 0. The van der Waals surface area contributed by atoms with Gasteiger partial charge in [-0.25, -0.2) is 4.79 Å². The van der Waals surface area contributed by atoms with Crippen LogP contribution in [-0.4, -0.2) is 21.7 Å². The number of carboxylic acid groups (broad SMARTS) is 1. The highest BCUT2D eigenvalue weighted by Crippen LogP contribution is 2.35. The first-order chi connectivity index (χ1) is 7.42. The molecule has 1 N–H and O–H groups in total. The standard InChI is InChI=1S/C10H9NO5/c1-10(11(14)15)5-7-3-2-6(9(12)13)4-8(7)16-10/h2-4H,5H2,1H3,(H,12,13). The van der Waals surface area contributed by atoms with Crippen LogP contribution in [0.25, 0.3) is 0 Å². The van der Waals surface area contributed by atoms with Gasteiger partial charge in [-0.3, -0.25) is 10.1 Å². The number of hydrogen-bond acceptors (Lipinski definition) is 4. The molecule has 0 amide bonds. The third-order valence-electron chi connectivity index (χ3n) is 2.55. The Kier molecular flexibility index (Phi) is 2.08. The van der Waals surface area contributed by atoms with Crippen LogP contribution in [0.2, 0.25) is 0 Å². The Labute approximate surface area is 90.6 Å². The minimum atomic E-state index is -1.49. The molecule has 2 rings (SSSR count). The summed E-state index contributed by atoms with van der Waals surface area (Å²) in [5, 5.41) is 19.5. The van der Waals surface area contributed by atoms with E-state index < -0.39 is 16.6 Å². The summed E-state index contributed by atoms with van der Waals surface area (Å²) in [6, 6.07) is 4.27. The summed E-state index contributed by atoms with van der Waals surface area (Å²) < 4.78 is 5.18. The van der Waals surface area contributed by atoms with Gasteiger partial charge in [0.15, 0.2) is 0 Å². The molecule has 84 valence electrons. The molecule has 0 aliphatic carbocycles. The Morgan fingerprint density at radius 2 is 2.31 bits per heavy atom. The molecule has 1 unspecified atom stereocenters. The van der Waals surface area contributed by atoms with E-state index in [1.165, 1.54) is 19.1 Å². The van der Waals surface area contributed by atoms with Crippen molar-refractivity contribution in [2.45, 2.75) is 19.1 Å². The van der Waals surface area contributed by atoms with E-state index in [0.29, 0.717) is 5.56 Å². The van der Waals surface area contributed by atoms with E-state index in [2.05, 4.69) is 0 Å². The highest BCUT2D eigenvalue weighted by molar-refractivity contribution is 5.88. The molecule has 1 aliphatic rings. The van der Waals surface area contributed by atoms with Crippen molar-refractivity contribution in [3.05, 3.63) is 39.4 Å². The second kappa shape index (κ2) is 3.19. The van der Waals surface area contributed by atoms with Gasteiger partial charge in [0, 0.05) is 12.5 Å². The second-order valence-corrected chi connectivity index (χ2v) is 3.84. The third kappa shape index (κ3) is 1.48. The zero-order valence-corrected chi connectivity index (χ0v) is 8.47. The quantitative estimate of drug-likeness (QED) is 0.603. The number of nitrogens with zero attached hydrogens (tertiary/aromatic N) is 1. The predicted octanol–water partition coefficient (Wildman–Crippen LogP) is 1.31. The molecule has 1 aromatic rings. The Hall–Kier alpha value is -2.11. The highest BCUT2D eigenvalue weighted by atomic mass is 16.7. The Morgan fingerprint density at radius 1 is 1.62 bits per heavy atom. The first-order valence-electron chi connectivity index (χ1n) is 4.62. The van der Waals surface area contributed by atoms with E-state index in [9.17, 15) is 14.9 Å². The van der Waals surface area contributed by atoms with Crippen molar-refractivity contribution >= 4 is 5.97 Å². The zero-order chi connectivity index (χ0) is 11.9. The topological polar surface area (TPSA) is 89.7 Å². The van der Waals surface area contributed by atoms with Gasteiger partial charge in [-0.1, -0.05) is 6.07 Å². The molecule has 0 fully saturated rings. The van der Waals surface area contributed by atoms with Gasteiger partial charge in [-0.15, -0.1) is 0 Å². The number of benzene rings is 1. The molecule has 6 nitrogen and oxygen atoms in total. The second-order valence-electron chi connectivity index (χ2n) is 3.84. The molecule has 1 heterocycles. The fourth-order valence-corrected chi connectivity index (χ4v) is 1.66. The predicted molar refractivity (Wildman–Crippen MR) is 53.1 cm³/mol. The molecule has 0 radical (unpaired) electrons. The largest absolute Gasteiger partial charge is 0.478 e. The lowest BCUT2D eigenvalue weighted by Crippen LogP contribution is -2.39. The first kappa shape index (κ1) is 10.4. The zero-order valence-electron chi connectivity index (χ0n) is 8.47. The lowest BCUT2D eigenvalue weighted by atomic mass is 10.1. The van der Waals surface area contributed by atoms with Gasteiger partial charge in [-0.05, 0) is 12.1 Å². The smallest absolute Gasteiger partial charge is 0.364 e. The van der Waals surface area contributed by atoms with E-state index in [1.807, 2.05) is 0 Å². The maximum absolute atomic E-state index is 10.8. The normalized spacial score (nSPS) is 22.3. The van der Waals surface area contributed by atoms with Crippen LogP contribution < -0.4 is 4.74 Å². The van der Waals surface area contributed by atoms with E-state index in [0.717, 1.165) is 0 Å². The van der Waals surface area contributed by atoms with Crippen LogP contribution in [-0.2, 0) is 6.42 Å². The summed E-state index contributed by atoms with van der Waals surface area (Å²) in [7, 11) is 0. The van der Waals surface area contributed by atoms with E-state index in [4.69, 9.17) is 9.84 Å². The van der Waals surface area contributed by atoms with Gasteiger partial charge in [-0.2, -0.15) is 0 Å². The van der Waals surface area contributed by atoms with Crippen molar-refractivity contribution in [3.8, 4) is 5.75 Å². The van der Waals surface area contributed by atoms with Crippen LogP contribution in [0.3, 0.4) is 0 Å². The molecule has 0 bridgehead atoms. The summed E-state index contributed by atoms with van der Waals surface area (Å²) in [5.41, 5.74) is -0.769. The molecule has 0 aromatic heterocycles. The molecule has 1 aromatic carbocycles.